The number of nitriles is 1. The van der Waals surface area contributed by atoms with E-state index in [0.29, 0.717) is 17.9 Å². The summed E-state index contributed by atoms with van der Waals surface area (Å²) in [5.74, 6) is 0.695. The van der Waals surface area contributed by atoms with Gasteiger partial charge in [-0.3, -0.25) is 0 Å². The number of nitrogens with zero attached hydrogens (tertiary/aromatic N) is 3. The van der Waals surface area contributed by atoms with Crippen LogP contribution in [0.15, 0.2) is 36.8 Å². The second kappa shape index (κ2) is 4.49. The number of imidazole rings is 1. The predicted octanol–water partition coefficient (Wildman–Crippen LogP) is 1.87. The van der Waals surface area contributed by atoms with Gasteiger partial charge < -0.3 is 9.30 Å². The summed E-state index contributed by atoms with van der Waals surface area (Å²) in [6, 6.07) is 9.17. The first-order valence-corrected chi connectivity index (χ1v) is 4.88. The molecule has 0 aliphatic heterocycles. The maximum Gasteiger partial charge on any atom is 0.130 e. The van der Waals surface area contributed by atoms with Gasteiger partial charge in [0.15, 0.2) is 0 Å². The molecule has 1 heterocycles. The molecule has 4 nitrogen and oxygen atoms in total. The number of hydrogen-bond acceptors (Lipinski definition) is 3. The van der Waals surface area contributed by atoms with Crippen LogP contribution < -0.4 is 4.74 Å². The van der Waals surface area contributed by atoms with E-state index in [0.717, 1.165) is 5.69 Å². The summed E-state index contributed by atoms with van der Waals surface area (Å²) < 4.78 is 7.46. The van der Waals surface area contributed by atoms with Crippen LogP contribution in [0.3, 0.4) is 0 Å². The van der Waals surface area contributed by atoms with Crippen molar-refractivity contribution in [2.45, 2.75) is 6.61 Å². The summed E-state index contributed by atoms with van der Waals surface area (Å²) in [6.07, 6.45) is 3.48. The Bertz CT molecular complexity index is 525. The minimum Gasteiger partial charge on any atom is -0.487 e. The maximum absolute atomic E-state index is 8.74. The average Bonchev–Trinajstić information content (AvgIpc) is 2.72. The molecule has 0 saturated carbocycles. The molecule has 0 spiro atoms. The number of hydrogen-bond donors (Lipinski definition) is 0. The first-order valence-electron chi connectivity index (χ1n) is 4.88. The SMILES string of the molecule is Cn1cncc1COc1cccc(C#N)c1. The number of rotatable bonds is 3. The van der Waals surface area contributed by atoms with Crippen molar-refractivity contribution in [1.29, 1.82) is 5.26 Å². The molecule has 0 bridgehead atoms. The van der Waals surface area contributed by atoms with Crippen LogP contribution >= 0.6 is 0 Å². The minimum atomic E-state index is 0.450. The average molecular weight is 213 g/mol. The molecular formula is C12H11N3O. The third-order valence-corrected chi connectivity index (χ3v) is 2.27. The fourth-order valence-electron chi connectivity index (χ4n) is 1.34. The van der Waals surface area contributed by atoms with Crippen LogP contribution in [0.5, 0.6) is 5.75 Å². The van der Waals surface area contributed by atoms with Crippen LogP contribution in [-0.4, -0.2) is 9.55 Å². The zero-order chi connectivity index (χ0) is 11.4. The molecule has 2 rings (SSSR count). The van der Waals surface area contributed by atoms with Crippen molar-refractivity contribution >= 4 is 0 Å². The van der Waals surface area contributed by atoms with Crippen molar-refractivity contribution in [2.24, 2.45) is 7.05 Å². The highest BCUT2D eigenvalue weighted by atomic mass is 16.5. The van der Waals surface area contributed by atoms with Gasteiger partial charge in [-0.2, -0.15) is 5.26 Å². The van der Waals surface area contributed by atoms with Gasteiger partial charge in [-0.25, -0.2) is 4.98 Å². The minimum absolute atomic E-state index is 0.450. The maximum atomic E-state index is 8.74. The van der Waals surface area contributed by atoms with E-state index in [4.69, 9.17) is 10.00 Å². The zero-order valence-corrected chi connectivity index (χ0v) is 8.92. The lowest BCUT2D eigenvalue weighted by molar-refractivity contribution is 0.297. The van der Waals surface area contributed by atoms with E-state index in [2.05, 4.69) is 11.1 Å². The Labute approximate surface area is 93.7 Å². The highest BCUT2D eigenvalue weighted by molar-refractivity contribution is 5.36. The molecule has 0 atom stereocenters. The molecule has 4 heteroatoms. The second-order valence-corrected chi connectivity index (χ2v) is 3.42. The predicted molar refractivity (Wildman–Crippen MR) is 58.7 cm³/mol. The smallest absolute Gasteiger partial charge is 0.130 e. The topological polar surface area (TPSA) is 50.8 Å². The first-order chi connectivity index (χ1) is 7.79. The second-order valence-electron chi connectivity index (χ2n) is 3.42. The van der Waals surface area contributed by atoms with Gasteiger partial charge in [0.2, 0.25) is 0 Å². The standard InChI is InChI=1S/C12H11N3O/c1-15-9-14-7-11(15)8-16-12-4-2-3-10(5-12)6-13/h2-5,7,9H,8H2,1H3. The lowest BCUT2D eigenvalue weighted by Crippen LogP contribution is -2.01. The Hall–Kier alpha value is -2.28. The van der Waals surface area contributed by atoms with E-state index in [-0.39, 0.29) is 0 Å². The molecule has 0 aliphatic carbocycles. The lowest BCUT2D eigenvalue weighted by atomic mass is 10.2. The number of aromatic nitrogens is 2. The van der Waals surface area contributed by atoms with Gasteiger partial charge in [0.25, 0.3) is 0 Å². The van der Waals surface area contributed by atoms with E-state index >= 15 is 0 Å². The first kappa shape index (κ1) is 10.2. The summed E-state index contributed by atoms with van der Waals surface area (Å²) in [7, 11) is 1.91. The molecule has 0 amide bonds. The van der Waals surface area contributed by atoms with Crippen LogP contribution in [0.2, 0.25) is 0 Å². The van der Waals surface area contributed by atoms with E-state index in [1.54, 1.807) is 30.7 Å². The van der Waals surface area contributed by atoms with Gasteiger partial charge in [0.1, 0.15) is 12.4 Å². The highest BCUT2D eigenvalue weighted by Gasteiger charge is 2.00. The Balaban J connectivity index is 2.05. The number of benzene rings is 1. The molecular weight excluding hydrogens is 202 g/mol. The quantitative estimate of drug-likeness (QED) is 0.782. The third-order valence-electron chi connectivity index (χ3n) is 2.27. The van der Waals surface area contributed by atoms with Gasteiger partial charge in [-0.1, -0.05) is 6.07 Å². The largest absolute Gasteiger partial charge is 0.487 e. The summed E-state index contributed by atoms with van der Waals surface area (Å²) in [4.78, 5) is 4.00. The van der Waals surface area contributed by atoms with Crippen molar-refractivity contribution in [3.63, 3.8) is 0 Å². The van der Waals surface area contributed by atoms with Crippen molar-refractivity contribution < 1.29 is 4.74 Å². The molecule has 1 aromatic heterocycles. The van der Waals surface area contributed by atoms with Gasteiger partial charge in [-0.15, -0.1) is 0 Å². The van der Waals surface area contributed by atoms with Gasteiger partial charge in [0.05, 0.1) is 29.9 Å². The summed E-state index contributed by atoms with van der Waals surface area (Å²) in [6.45, 7) is 0.450. The summed E-state index contributed by atoms with van der Waals surface area (Å²) in [5, 5.41) is 8.74. The number of aryl methyl sites for hydroxylation is 1. The molecule has 0 N–H and O–H groups in total. The van der Waals surface area contributed by atoms with E-state index in [1.807, 2.05) is 17.7 Å². The van der Waals surface area contributed by atoms with E-state index in [9.17, 15) is 0 Å². The van der Waals surface area contributed by atoms with Crippen molar-refractivity contribution in [2.75, 3.05) is 0 Å². The molecule has 1 aromatic carbocycles. The molecule has 2 aromatic rings. The Morgan fingerprint density at radius 2 is 2.38 bits per heavy atom. The van der Waals surface area contributed by atoms with Crippen LogP contribution in [0, 0.1) is 11.3 Å². The van der Waals surface area contributed by atoms with Crippen LogP contribution in [-0.2, 0) is 13.7 Å². The Morgan fingerprint density at radius 3 is 3.06 bits per heavy atom. The molecule has 0 radical (unpaired) electrons. The monoisotopic (exact) mass is 213 g/mol. The Morgan fingerprint density at radius 1 is 1.50 bits per heavy atom. The van der Waals surface area contributed by atoms with Crippen LogP contribution in [0.4, 0.5) is 0 Å². The molecule has 0 aliphatic rings. The van der Waals surface area contributed by atoms with Gasteiger partial charge in [0, 0.05) is 7.05 Å². The molecule has 0 unspecified atom stereocenters. The molecule has 0 fully saturated rings. The lowest BCUT2D eigenvalue weighted by Gasteiger charge is -2.06. The molecule has 16 heavy (non-hydrogen) atoms. The van der Waals surface area contributed by atoms with Crippen molar-refractivity contribution in [3.05, 3.63) is 48.0 Å². The van der Waals surface area contributed by atoms with Gasteiger partial charge in [-0.05, 0) is 18.2 Å². The van der Waals surface area contributed by atoms with Gasteiger partial charge >= 0.3 is 0 Å². The normalized spacial score (nSPS) is 9.75. The molecule has 0 saturated heterocycles. The van der Waals surface area contributed by atoms with Crippen molar-refractivity contribution in [1.82, 2.24) is 9.55 Å². The third kappa shape index (κ3) is 2.20. The van der Waals surface area contributed by atoms with E-state index < -0.39 is 0 Å². The van der Waals surface area contributed by atoms with Crippen LogP contribution in [0.1, 0.15) is 11.3 Å². The van der Waals surface area contributed by atoms with Crippen molar-refractivity contribution in [3.8, 4) is 11.8 Å². The molecule has 80 valence electrons. The van der Waals surface area contributed by atoms with E-state index in [1.165, 1.54) is 0 Å². The highest BCUT2D eigenvalue weighted by Crippen LogP contribution is 2.14. The summed E-state index contributed by atoms with van der Waals surface area (Å²) >= 11 is 0. The Kier molecular flexibility index (Phi) is 2.88. The fraction of sp³-hybridized carbons (Fsp3) is 0.167. The number of ether oxygens (including phenoxy) is 1. The summed E-state index contributed by atoms with van der Waals surface area (Å²) in [5.41, 5.74) is 1.59. The van der Waals surface area contributed by atoms with Crippen LogP contribution in [0.25, 0.3) is 0 Å². The zero-order valence-electron chi connectivity index (χ0n) is 8.92. The fourth-order valence-corrected chi connectivity index (χ4v) is 1.34.